The van der Waals surface area contributed by atoms with Crippen molar-refractivity contribution in [1.82, 2.24) is 5.32 Å². The number of halogens is 1. The highest BCUT2D eigenvalue weighted by Crippen LogP contribution is 2.26. The number of benzene rings is 1. The predicted molar refractivity (Wildman–Crippen MR) is 74.1 cm³/mol. The van der Waals surface area contributed by atoms with Gasteiger partial charge in [-0.05, 0) is 31.0 Å². The molecule has 0 aliphatic heterocycles. The summed E-state index contributed by atoms with van der Waals surface area (Å²) in [6, 6.07) is 6.68. The van der Waals surface area contributed by atoms with Crippen molar-refractivity contribution in [3.8, 4) is 11.8 Å². The molecule has 1 N–H and O–H groups in total. The Bertz CT molecular complexity index is 495. The number of rotatable bonds is 5. The van der Waals surface area contributed by atoms with Crippen LogP contribution in [-0.4, -0.2) is 18.6 Å². The first kappa shape index (κ1) is 15.3. The molecule has 0 spiro atoms. The summed E-state index contributed by atoms with van der Waals surface area (Å²) in [5.74, 6) is 0.594. The molecule has 0 aromatic heterocycles. The van der Waals surface area contributed by atoms with E-state index in [-0.39, 0.29) is 5.91 Å². The van der Waals surface area contributed by atoms with Crippen LogP contribution in [0.4, 0.5) is 0 Å². The number of amides is 1. The van der Waals surface area contributed by atoms with Crippen molar-refractivity contribution < 1.29 is 9.53 Å². The van der Waals surface area contributed by atoms with Crippen LogP contribution >= 0.6 is 11.6 Å². The second-order valence-corrected chi connectivity index (χ2v) is 5.06. The van der Waals surface area contributed by atoms with Crippen LogP contribution < -0.4 is 10.1 Å². The molecule has 1 aromatic carbocycles. The standard InChI is InChI=1S/C14H17ClN2O2/c1-9(2)8-17-14(18)10(3)19-13-5-4-11(7-16)6-12(13)15/h4-6,9-10H,8H2,1-3H3,(H,17,18)/t10-/m0/s1. The second kappa shape index (κ2) is 7.01. The largest absolute Gasteiger partial charge is 0.479 e. The highest BCUT2D eigenvalue weighted by Gasteiger charge is 2.16. The van der Waals surface area contributed by atoms with Crippen molar-refractivity contribution in [3.05, 3.63) is 28.8 Å². The molecule has 0 saturated carbocycles. The van der Waals surface area contributed by atoms with Crippen LogP contribution in [0.2, 0.25) is 5.02 Å². The molecule has 4 nitrogen and oxygen atoms in total. The fourth-order valence-corrected chi connectivity index (χ4v) is 1.58. The summed E-state index contributed by atoms with van der Waals surface area (Å²) >= 11 is 5.98. The lowest BCUT2D eigenvalue weighted by molar-refractivity contribution is -0.127. The first-order chi connectivity index (χ1) is 8.93. The van der Waals surface area contributed by atoms with E-state index in [0.717, 1.165) is 0 Å². The van der Waals surface area contributed by atoms with Gasteiger partial charge in [0.25, 0.3) is 5.91 Å². The Morgan fingerprint density at radius 2 is 2.16 bits per heavy atom. The van der Waals surface area contributed by atoms with Gasteiger partial charge in [-0.15, -0.1) is 0 Å². The molecule has 0 fully saturated rings. The Hall–Kier alpha value is -1.73. The van der Waals surface area contributed by atoms with Crippen molar-refractivity contribution in [1.29, 1.82) is 5.26 Å². The molecule has 0 heterocycles. The molecular weight excluding hydrogens is 264 g/mol. The highest BCUT2D eigenvalue weighted by molar-refractivity contribution is 6.32. The Morgan fingerprint density at radius 3 is 2.68 bits per heavy atom. The lowest BCUT2D eigenvalue weighted by atomic mass is 10.2. The summed E-state index contributed by atoms with van der Waals surface area (Å²) in [5, 5.41) is 11.8. The maximum atomic E-state index is 11.8. The Kier molecular flexibility index (Phi) is 5.65. The number of nitriles is 1. The minimum atomic E-state index is -0.635. The molecule has 0 unspecified atom stereocenters. The maximum absolute atomic E-state index is 11.8. The van der Waals surface area contributed by atoms with E-state index in [1.807, 2.05) is 19.9 Å². The van der Waals surface area contributed by atoms with Gasteiger partial charge in [0.2, 0.25) is 0 Å². The van der Waals surface area contributed by atoms with Crippen LogP contribution in [0, 0.1) is 17.2 Å². The lowest BCUT2D eigenvalue weighted by Gasteiger charge is -2.16. The number of nitrogens with zero attached hydrogens (tertiary/aromatic N) is 1. The van der Waals surface area contributed by atoms with Crippen LogP contribution in [0.3, 0.4) is 0 Å². The molecule has 19 heavy (non-hydrogen) atoms. The third kappa shape index (κ3) is 4.80. The van der Waals surface area contributed by atoms with Crippen LogP contribution in [0.1, 0.15) is 26.3 Å². The van der Waals surface area contributed by atoms with Crippen LogP contribution in [0.15, 0.2) is 18.2 Å². The van der Waals surface area contributed by atoms with Crippen molar-refractivity contribution in [2.75, 3.05) is 6.54 Å². The van der Waals surface area contributed by atoms with Crippen LogP contribution in [0.25, 0.3) is 0 Å². The topological polar surface area (TPSA) is 62.1 Å². The highest BCUT2D eigenvalue weighted by atomic mass is 35.5. The van der Waals surface area contributed by atoms with Crippen molar-refractivity contribution in [2.24, 2.45) is 5.92 Å². The summed E-state index contributed by atoms with van der Waals surface area (Å²) in [6.45, 7) is 6.30. The number of carbonyl (C=O) groups is 1. The third-order valence-electron chi connectivity index (χ3n) is 2.42. The summed E-state index contributed by atoms with van der Waals surface area (Å²) in [6.07, 6.45) is -0.635. The number of nitrogens with one attached hydrogen (secondary N) is 1. The number of carbonyl (C=O) groups excluding carboxylic acids is 1. The van der Waals surface area contributed by atoms with E-state index in [0.29, 0.717) is 28.8 Å². The fourth-order valence-electron chi connectivity index (χ4n) is 1.36. The predicted octanol–water partition coefficient (Wildman–Crippen LogP) is 2.75. The molecule has 102 valence electrons. The number of hydrogen-bond donors (Lipinski definition) is 1. The quantitative estimate of drug-likeness (QED) is 0.902. The lowest BCUT2D eigenvalue weighted by Crippen LogP contribution is -2.38. The smallest absolute Gasteiger partial charge is 0.260 e. The van der Waals surface area contributed by atoms with Crippen LogP contribution in [-0.2, 0) is 4.79 Å². The van der Waals surface area contributed by atoms with Gasteiger partial charge in [-0.2, -0.15) is 5.26 Å². The van der Waals surface area contributed by atoms with E-state index < -0.39 is 6.10 Å². The monoisotopic (exact) mass is 280 g/mol. The van der Waals surface area contributed by atoms with Gasteiger partial charge in [0.1, 0.15) is 5.75 Å². The van der Waals surface area contributed by atoms with Gasteiger partial charge in [-0.1, -0.05) is 25.4 Å². The summed E-state index contributed by atoms with van der Waals surface area (Å²) in [7, 11) is 0. The van der Waals surface area contributed by atoms with Crippen molar-refractivity contribution in [2.45, 2.75) is 26.9 Å². The molecule has 0 radical (unpaired) electrons. The second-order valence-electron chi connectivity index (χ2n) is 4.66. The van der Waals surface area contributed by atoms with Gasteiger partial charge in [-0.3, -0.25) is 4.79 Å². The molecule has 0 saturated heterocycles. The van der Waals surface area contributed by atoms with E-state index in [9.17, 15) is 4.79 Å². The molecule has 1 aromatic rings. The normalized spacial score (nSPS) is 11.8. The minimum absolute atomic E-state index is 0.186. The van der Waals surface area contributed by atoms with Gasteiger partial charge < -0.3 is 10.1 Å². The first-order valence-corrected chi connectivity index (χ1v) is 6.46. The van der Waals surface area contributed by atoms with E-state index >= 15 is 0 Å². The van der Waals surface area contributed by atoms with Gasteiger partial charge in [0.15, 0.2) is 6.10 Å². The van der Waals surface area contributed by atoms with Gasteiger partial charge >= 0.3 is 0 Å². The van der Waals surface area contributed by atoms with E-state index in [1.54, 1.807) is 19.1 Å². The fraction of sp³-hybridized carbons (Fsp3) is 0.429. The number of ether oxygens (including phenoxy) is 1. The molecule has 1 amide bonds. The first-order valence-electron chi connectivity index (χ1n) is 6.08. The van der Waals surface area contributed by atoms with E-state index in [2.05, 4.69) is 5.32 Å². The summed E-state index contributed by atoms with van der Waals surface area (Å²) < 4.78 is 5.49. The SMILES string of the molecule is CC(C)CNC(=O)[C@H](C)Oc1ccc(C#N)cc1Cl. The Labute approximate surface area is 118 Å². The van der Waals surface area contributed by atoms with E-state index in [4.69, 9.17) is 21.6 Å². The Balaban J connectivity index is 2.64. The maximum Gasteiger partial charge on any atom is 0.260 e. The third-order valence-corrected chi connectivity index (χ3v) is 2.71. The van der Waals surface area contributed by atoms with Gasteiger partial charge in [0, 0.05) is 6.54 Å². The summed E-state index contributed by atoms with van der Waals surface area (Å²) in [5.41, 5.74) is 0.453. The zero-order chi connectivity index (χ0) is 14.4. The molecule has 0 bridgehead atoms. The Morgan fingerprint density at radius 1 is 1.47 bits per heavy atom. The van der Waals surface area contributed by atoms with E-state index in [1.165, 1.54) is 6.07 Å². The van der Waals surface area contributed by atoms with Crippen molar-refractivity contribution >= 4 is 17.5 Å². The average Bonchev–Trinajstić information content (AvgIpc) is 2.37. The van der Waals surface area contributed by atoms with Gasteiger partial charge in [-0.25, -0.2) is 0 Å². The molecule has 0 aliphatic rings. The minimum Gasteiger partial charge on any atom is -0.479 e. The van der Waals surface area contributed by atoms with Crippen molar-refractivity contribution in [3.63, 3.8) is 0 Å². The molecular formula is C14H17ClN2O2. The molecule has 5 heteroatoms. The zero-order valence-corrected chi connectivity index (χ0v) is 12.0. The summed E-state index contributed by atoms with van der Waals surface area (Å²) in [4.78, 5) is 11.8. The number of hydrogen-bond acceptors (Lipinski definition) is 3. The van der Waals surface area contributed by atoms with Crippen LogP contribution in [0.5, 0.6) is 5.75 Å². The van der Waals surface area contributed by atoms with Gasteiger partial charge in [0.05, 0.1) is 16.7 Å². The molecule has 1 atom stereocenters. The molecule has 1 rings (SSSR count). The zero-order valence-electron chi connectivity index (χ0n) is 11.2. The average molecular weight is 281 g/mol. The molecule has 0 aliphatic carbocycles.